The van der Waals surface area contributed by atoms with Crippen molar-refractivity contribution in [1.82, 2.24) is 5.32 Å². The van der Waals surface area contributed by atoms with Crippen molar-refractivity contribution < 1.29 is 0 Å². The van der Waals surface area contributed by atoms with Gasteiger partial charge >= 0.3 is 0 Å². The molecule has 1 unspecified atom stereocenters. The molecule has 98 valence electrons. The number of nitrogens with one attached hydrogen (secondary N) is 1. The van der Waals surface area contributed by atoms with Gasteiger partial charge in [0.25, 0.3) is 0 Å². The van der Waals surface area contributed by atoms with Crippen LogP contribution in [-0.4, -0.2) is 23.1 Å². The van der Waals surface area contributed by atoms with Gasteiger partial charge in [0.2, 0.25) is 0 Å². The number of hydrogen-bond acceptors (Lipinski definition) is 3. The van der Waals surface area contributed by atoms with E-state index in [9.17, 15) is 0 Å². The number of thiophene rings is 1. The van der Waals surface area contributed by atoms with Crippen LogP contribution in [0.2, 0.25) is 0 Å². The highest BCUT2D eigenvalue weighted by atomic mass is 32.2. The summed E-state index contributed by atoms with van der Waals surface area (Å²) in [7, 11) is 0. The molecule has 1 aromatic heterocycles. The minimum atomic E-state index is 0.363. The Kier molecular flexibility index (Phi) is 6.60. The zero-order valence-electron chi connectivity index (χ0n) is 11.5. The third-order valence-corrected chi connectivity index (χ3v) is 4.76. The van der Waals surface area contributed by atoms with E-state index in [4.69, 9.17) is 0 Å². The zero-order chi connectivity index (χ0) is 12.7. The second-order valence-electron chi connectivity index (χ2n) is 5.36. The standard InChI is InChI=1S/C14H25NS2/c1-5-8-15-12(11-17-14(2,3)4)10-13-7-6-9-16-13/h6-7,9,12,15H,5,8,10-11H2,1-4H3. The van der Waals surface area contributed by atoms with Crippen LogP contribution in [-0.2, 0) is 6.42 Å². The molecule has 0 saturated carbocycles. The van der Waals surface area contributed by atoms with Gasteiger partial charge in [0.1, 0.15) is 0 Å². The van der Waals surface area contributed by atoms with Crippen molar-refractivity contribution in [3.05, 3.63) is 22.4 Å². The average Bonchev–Trinajstić information content (AvgIpc) is 2.73. The maximum atomic E-state index is 3.67. The summed E-state index contributed by atoms with van der Waals surface area (Å²) in [5.74, 6) is 1.20. The molecule has 3 heteroatoms. The first-order chi connectivity index (χ1) is 8.01. The maximum Gasteiger partial charge on any atom is 0.0206 e. The lowest BCUT2D eigenvalue weighted by Gasteiger charge is -2.23. The Morgan fingerprint density at radius 1 is 1.41 bits per heavy atom. The third kappa shape index (κ3) is 7.12. The fourth-order valence-electron chi connectivity index (χ4n) is 1.56. The van der Waals surface area contributed by atoms with Gasteiger partial charge in [-0.15, -0.1) is 11.3 Å². The Morgan fingerprint density at radius 3 is 2.71 bits per heavy atom. The van der Waals surface area contributed by atoms with Gasteiger partial charge in [0, 0.05) is 21.4 Å². The molecule has 1 nitrogen and oxygen atoms in total. The lowest BCUT2D eigenvalue weighted by Crippen LogP contribution is -2.35. The lowest BCUT2D eigenvalue weighted by molar-refractivity contribution is 0.551. The van der Waals surface area contributed by atoms with Gasteiger partial charge in [0.05, 0.1) is 0 Å². The van der Waals surface area contributed by atoms with E-state index in [1.807, 2.05) is 11.3 Å². The zero-order valence-corrected chi connectivity index (χ0v) is 13.1. The van der Waals surface area contributed by atoms with E-state index in [1.165, 1.54) is 23.5 Å². The third-order valence-electron chi connectivity index (χ3n) is 2.43. The van der Waals surface area contributed by atoms with Crippen LogP contribution < -0.4 is 5.32 Å². The summed E-state index contributed by atoms with van der Waals surface area (Å²) in [5, 5.41) is 5.84. The molecule has 0 bridgehead atoms. The van der Waals surface area contributed by atoms with Crippen LogP contribution in [0.1, 0.15) is 39.0 Å². The molecule has 17 heavy (non-hydrogen) atoms. The van der Waals surface area contributed by atoms with Gasteiger partial charge in [-0.2, -0.15) is 11.8 Å². The monoisotopic (exact) mass is 271 g/mol. The van der Waals surface area contributed by atoms with Crippen LogP contribution >= 0.6 is 23.1 Å². The van der Waals surface area contributed by atoms with Crippen molar-refractivity contribution in [3.8, 4) is 0 Å². The molecule has 0 saturated heterocycles. The number of thioether (sulfide) groups is 1. The smallest absolute Gasteiger partial charge is 0.0206 e. The van der Waals surface area contributed by atoms with Crippen molar-refractivity contribution in [2.24, 2.45) is 0 Å². The van der Waals surface area contributed by atoms with Crippen LogP contribution in [0.5, 0.6) is 0 Å². The van der Waals surface area contributed by atoms with E-state index in [1.54, 1.807) is 0 Å². The summed E-state index contributed by atoms with van der Waals surface area (Å²) in [6, 6.07) is 5.00. The van der Waals surface area contributed by atoms with E-state index in [0.717, 1.165) is 6.54 Å². The van der Waals surface area contributed by atoms with E-state index >= 15 is 0 Å². The van der Waals surface area contributed by atoms with Crippen molar-refractivity contribution in [2.45, 2.75) is 51.3 Å². The molecule has 0 aliphatic carbocycles. The molecular formula is C14H25NS2. The topological polar surface area (TPSA) is 12.0 Å². The van der Waals surface area contributed by atoms with Gasteiger partial charge in [-0.05, 0) is 30.8 Å². The second kappa shape index (κ2) is 7.45. The minimum Gasteiger partial charge on any atom is -0.313 e. The predicted molar refractivity (Wildman–Crippen MR) is 82.3 cm³/mol. The first-order valence-corrected chi connectivity index (χ1v) is 8.27. The second-order valence-corrected chi connectivity index (χ2v) is 8.24. The van der Waals surface area contributed by atoms with Crippen LogP contribution in [0.25, 0.3) is 0 Å². The highest BCUT2D eigenvalue weighted by molar-refractivity contribution is 8.00. The maximum absolute atomic E-state index is 3.67. The first kappa shape index (κ1) is 15.1. The molecule has 1 heterocycles. The van der Waals surface area contributed by atoms with Crippen LogP contribution in [0.3, 0.4) is 0 Å². The van der Waals surface area contributed by atoms with Gasteiger partial charge in [0.15, 0.2) is 0 Å². The van der Waals surface area contributed by atoms with E-state index in [0.29, 0.717) is 10.8 Å². The Bertz CT molecular complexity index is 288. The van der Waals surface area contributed by atoms with Gasteiger partial charge < -0.3 is 5.32 Å². The quantitative estimate of drug-likeness (QED) is 0.798. The normalized spacial score (nSPS) is 13.9. The summed E-state index contributed by atoms with van der Waals surface area (Å²) in [6.45, 7) is 10.2. The van der Waals surface area contributed by atoms with Gasteiger partial charge in [-0.25, -0.2) is 0 Å². The Morgan fingerprint density at radius 2 is 2.18 bits per heavy atom. The van der Waals surface area contributed by atoms with Crippen LogP contribution in [0.4, 0.5) is 0 Å². The molecule has 0 aliphatic rings. The summed E-state index contributed by atoms with van der Waals surface area (Å²) in [6.07, 6.45) is 2.38. The molecule has 1 atom stereocenters. The van der Waals surface area contributed by atoms with Crippen molar-refractivity contribution in [1.29, 1.82) is 0 Å². The molecule has 1 N–H and O–H groups in total. The predicted octanol–water partition coefficient (Wildman–Crippen LogP) is 4.19. The van der Waals surface area contributed by atoms with Crippen molar-refractivity contribution >= 4 is 23.1 Å². The SMILES string of the molecule is CCCNC(CSC(C)(C)C)Cc1cccs1. The number of hydrogen-bond donors (Lipinski definition) is 1. The fraction of sp³-hybridized carbons (Fsp3) is 0.714. The van der Waals surface area contributed by atoms with E-state index in [-0.39, 0.29) is 0 Å². The van der Waals surface area contributed by atoms with Gasteiger partial charge in [-0.1, -0.05) is 33.8 Å². The molecule has 0 aliphatic heterocycles. The van der Waals surface area contributed by atoms with Crippen molar-refractivity contribution in [3.63, 3.8) is 0 Å². The lowest BCUT2D eigenvalue weighted by atomic mass is 10.2. The van der Waals surface area contributed by atoms with Crippen molar-refractivity contribution in [2.75, 3.05) is 12.3 Å². The highest BCUT2D eigenvalue weighted by Gasteiger charge is 2.16. The highest BCUT2D eigenvalue weighted by Crippen LogP contribution is 2.25. The molecule has 0 fully saturated rings. The molecular weight excluding hydrogens is 246 g/mol. The molecule has 0 aromatic carbocycles. The van der Waals surface area contributed by atoms with Crippen LogP contribution in [0.15, 0.2) is 17.5 Å². The molecule has 1 rings (SSSR count). The molecule has 0 spiro atoms. The largest absolute Gasteiger partial charge is 0.313 e. The first-order valence-electron chi connectivity index (χ1n) is 6.41. The fourth-order valence-corrected chi connectivity index (χ4v) is 3.28. The van der Waals surface area contributed by atoms with E-state index in [2.05, 4.69) is 62.3 Å². The molecule has 1 aromatic rings. The van der Waals surface area contributed by atoms with Gasteiger partial charge in [-0.3, -0.25) is 0 Å². The Labute approximate surface area is 114 Å². The minimum absolute atomic E-state index is 0.363. The Balaban J connectivity index is 2.42. The summed E-state index contributed by atoms with van der Waals surface area (Å²) in [5.41, 5.74) is 0. The van der Waals surface area contributed by atoms with E-state index < -0.39 is 0 Å². The summed E-state index contributed by atoms with van der Waals surface area (Å²) < 4.78 is 0.363. The molecule has 0 radical (unpaired) electrons. The summed E-state index contributed by atoms with van der Waals surface area (Å²) >= 11 is 3.92. The average molecular weight is 271 g/mol. The Hall–Kier alpha value is 0.01000. The summed E-state index contributed by atoms with van der Waals surface area (Å²) in [4.78, 5) is 1.49. The molecule has 0 amide bonds. The van der Waals surface area contributed by atoms with Crippen LogP contribution in [0, 0.1) is 0 Å². The number of rotatable bonds is 7.